The summed E-state index contributed by atoms with van der Waals surface area (Å²) in [6, 6.07) is 34.3. The van der Waals surface area contributed by atoms with Gasteiger partial charge in [-0.05, 0) is 63.7 Å². The number of ether oxygens (including phenoxy) is 3. The van der Waals surface area contributed by atoms with Gasteiger partial charge in [0.05, 0.1) is 21.3 Å². The maximum Gasteiger partial charge on any atom is 0.126 e. The molecular formula is C31H34O3P2. The number of aryl methyl sites for hydroxylation is 1. The highest BCUT2D eigenvalue weighted by Gasteiger charge is 2.26. The predicted molar refractivity (Wildman–Crippen MR) is 157 cm³/mol. The van der Waals surface area contributed by atoms with Gasteiger partial charge in [-0.1, -0.05) is 85.8 Å². The second kappa shape index (κ2) is 12.9. The minimum absolute atomic E-state index is 0.636. The van der Waals surface area contributed by atoms with Crippen molar-refractivity contribution in [2.24, 2.45) is 0 Å². The van der Waals surface area contributed by atoms with Crippen molar-refractivity contribution in [3.63, 3.8) is 0 Å². The molecule has 0 aliphatic carbocycles. The normalized spacial score (nSPS) is 11.8. The fourth-order valence-corrected chi connectivity index (χ4v) is 10.6. The first-order valence-electron chi connectivity index (χ1n) is 12.2. The van der Waals surface area contributed by atoms with Crippen LogP contribution in [0.3, 0.4) is 0 Å². The van der Waals surface area contributed by atoms with Crippen LogP contribution in [0.4, 0.5) is 0 Å². The quantitative estimate of drug-likeness (QED) is 0.235. The van der Waals surface area contributed by atoms with Crippen LogP contribution in [0.25, 0.3) is 0 Å². The SMILES string of the molecule is CCc1ccccc1P(CCP(c1ccccc1OC)c1ccccc1OC)c1ccccc1OC. The Hall–Kier alpha value is -2.86. The number of methoxy groups -OCH3 is 3. The van der Waals surface area contributed by atoms with Crippen molar-refractivity contribution in [3.8, 4) is 17.2 Å². The fraction of sp³-hybridized carbons (Fsp3) is 0.226. The third-order valence-corrected chi connectivity index (χ3v) is 11.9. The lowest BCUT2D eigenvalue weighted by atomic mass is 10.2. The molecule has 1 unspecified atom stereocenters. The summed E-state index contributed by atoms with van der Waals surface area (Å²) in [7, 11) is 3.93. The summed E-state index contributed by atoms with van der Waals surface area (Å²) in [5.41, 5.74) is 1.41. The number of rotatable bonds is 11. The highest BCUT2D eigenvalue weighted by molar-refractivity contribution is 7.77. The van der Waals surface area contributed by atoms with Crippen molar-refractivity contribution in [3.05, 3.63) is 103 Å². The summed E-state index contributed by atoms with van der Waals surface area (Å²) >= 11 is 0. The summed E-state index contributed by atoms with van der Waals surface area (Å²) in [5, 5.41) is 5.23. The molecule has 4 rings (SSSR count). The van der Waals surface area contributed by atoms with E-state index in [-0.39, 0.29) is 0 Å². The lowest BCUT2D eigenvalue weighted by molar-refractivity contribution is 0.417. The Morgan fingerprint density at radius 3 is 1.19 bits per heavy atom. The lowest BCUT2D eigenvalue weighted by Crippen LogP contribution is -2.23. The largest absolute Gasteiger partial charge is 0.496 e. The smallest absolute Gasteiger partial charge is 0.126 e. The third kappa shape index (κ3) is 5.75. The Morgan fingerprint density at radius 2 is 0.806 bits per heavy atom. The average molecular weight is 517 g/mol. The van der Waals surface area contributed by atoms with E-state index in [1.807, 2.05) is 12.1 Å². The predicted octanol–water partition coefficient (Wildman–Crippen LogP) is 5.84. The minimum atomic E-state index is -0.720. The highest BCUT2D eigenvalue weighted by atomic mass is 31.1. The summed E-state index contributed by atoms with van der Waals surface area (Å²) in [6.07, 6.45) is 3.06. The van der Waals surface area contributed by atoms with Gasteiger partial charge < -0.3 is 14.2 Å². The molecule has 0 aliphatic rings. The van der Waals surface area contributed by atoms with Gasteiger partial charge in [0.2, 0.25) is 0 Å². The van der Waals surface area contributed by atoms with Crippen molar-refractivity contribution in [2.75, 3.05) is 33.7 Å². The molecule has 0 heterocycles. The van der Waals surface area contributed by atoms with E-state index >= 15 is 0 Å². The van der Waals surface area contributed by atoms with Crippen LogP contribution in [0.15, 0.2) is 97.1 Å². The summed E-state index contributed by atoms with van der Waals surface area (Å²) in [5.74, 6) is 2.84. The molecule has 0 saturated heterocycles. The number of hydrogen-bond donors (Lipinski definition) is 0. The molecule has 3 nitrogen and oxygen atoms in total. The Morgan fingerprint density at radius 1 is 0.472 bits per heavy atom. The monoisotopic (exact) mass is 516 g/mol. The third-order valence-electron chi connectivity index (χ3n) is 6.34. The molecule has 0 spiro atoms. The average Bonchev–Trinajstić information content (AvgIpc) is 2.95. The van der Waals surface area contributed by atoms with Crippen LogP contribution in [0.2, 0.25) is 0 Å². The Kier molecular flexibility index (Phi) is 9.40. The van der Waals surface area contributed by atoms with Gasteiger partial charge in [0, 0.05) is 15.9 Å². The molecule has 0 radical (unpaired) electrons. The van der Waals surface area contributed by atoms with E-state index in [0.717, 1.165) is 36.0 Å². The Labute approximate surface area is 217 Å². The topological polar surface area (TPSA) is 27.7 Å². The van der Waals surface area contributed by atoms with Crippen molar-refractivity contribution < 1.29 is 14.2 Å². The summed E-state index contributed by atoms with van der Waals surface area (Å²) in [4.78, 5) is 0. The van der Waals surface area contributed by atoms with Crippen molar-refractivity contribution in [2.45, 2.75) is 13.3 Å². The van der Waals surface area contributed by atoms with Gasteiger partial charge >= 0.3 is 0 Å². The van der Waals surface area contributed by atoms with Crippen LogP contribution in [0, 0.1) is 0 Å². The molecule has 0 aliphatic heterocycles. The van der Waals surface area contributed by atoms with Crippen LogP contribution < -0.4 is 35.4 Å². The van der Waals surface area contributed by atoms with Gasteiger partial charge in [0.1, 0.15) is 17.2 Å². The zero-order chi connectivity index (χ0) is 25.3. The van der Waals surface area contributed by atoms with Gasteiger partial charge in [0.25, 0.3) is 0 Å². The standard InChI is InChI=1S/C31H34O3P2/c1-5-24-14-6-10-18-28(24)35(29-19-11-7-15-25(29)32-2)22-23-36(30-20-12-8-16-26(30)33-3)31-21-13-9-17-27(31)34-4/h6-21H,5,22-23H2,1-4H3. The van der Waals surface area contributed by atoms with Gasteiger partial charge in [0.15, 0.2) is 0 Å². The zero-order valence-electron chi connectivity index (χ0n) is 21.5. The second-order valence-electron chi connectivity index (χ2n) is 8.30. The highest BCUT2D eigenvalue weighted by Crippen LogP contribution is 2.46. The van der Waals surface area contributed by atoms with Crippen LogP contribution in [0.1, 0.15) is 12.5 Å². The molecule has 4 aromatic rings. The van der Waals surface area contributed by atoms with E-state index < -0.39 is 15.8 Å². The van der Waals surface area contributed by atoms with E-state index in [2.05, 4.69) is 91.9 Å². The van der Waals surface area contributed by atoms with Gasteiger partial charge in [-0.25, -0.2) is 0 Å². The molecular weight excluding hydrogens is 482 g/mol. The molecule has 0 fully saturated rings. The van der Waals surface area contributed by atoms with Crippen LogP contribution in [-0.2, 0) is 6.42 Å². The first-order valence-corrected chi connectivity index (χ1v) is 15.3. The van der Waals surface area contributed by atoms with Gasteiger partial charge in [-0.3, -0.25) is 0 Å². The summed E-state index contributed by atoms with van der Waals surface area (Å²) in [6.45, 7) is 2.24. The van der Waals surface area contributed by atoms with E-state index in [4.69, 9.17) is 14.2 Å². The summed E-state index contributed by atoms with van der Waals surface area (Å²) < 4.78 is 17.5. The maximum absolute atomic E-state index is 5.85. The molecule has 0 saturated carbocycles. The van der Waals surface area contributed by atoms with Crippen molar-refractivity contribution in [1.82, 2.24) is 0 Å². The molecule has 0 amide bonds. The zero-order valence-corrected chi connectivity index (χ0v) is 23.3. The maximum atomic E-state index is 5.85. The van der Waals surface area contributed by atoms with Gasteiger partial charge in [-0.2, -0.15) is 0 Å². The van der Waals surface area contributed by atoms with Gasteiger partial charge in [-0.15, -0.1) is 0 Å². The van der Waals surface area contributed by atoms with Crippen LogP contribution in [0.5, 0.6) is 17.2 Å². The Balaban J connectivity index is 1.81. The van der Waals surface area contributed by atoms with Crippen LogP contribution in [-0.4, -0.2) is 33.7 Å². The van der Waals surface area contributed by atoms with Crippen molar-refractivity contribution >= 4 is 37.1 Å². The fourth-order valence-electron chi connectivity index (χ4n) is 4.57. The molecule has 5 heteroatoms. The minimum Gasteiger partial charge on any atom is -0.496 e. The molecule has 186 valence electrons. The van der Waals surface area contributed by atoms with E-state index in [0.29, 0.717) is 0 Å². The first kappa shape index (κ1) is 26.2. The number of para-hydroxylation sites is 3. The molecule has 1 atom stereocenters. The molecule has 0 aromatic heterocycles. The van der Waals surface area contributed by atoms with E-state index in [9.17, 15) is 0 Å². The van der Waals surface area contributed by atoms with E-state index in [1.54, 1.807) is 21.3 Å². The van der Waals surface area contributed by atoms with E-state index in [1.165, 1.54) is 26.8 Å². The second-order valence-corrected chi connectivity index (χ2v) is 12.8. The van der Waals surface area contributed by atoms with Crippen molar-refractivity contribution in [1.29, 1.82) is 0 Å². The first-order chi connectivity index (χ1) is 17.7. The molecule has 4 aromatic carbocycles. The lowest BCUT2D eigenvalue weighted by Gasteiger charge is -2.27. The number of hydrogen-bond acceptors (Lipinski definition) is 3. The number of benzene rings is 4. The molecule has 36 heavy (non-hydrogen) atoms. The molecule has 0 bridgehead atoms. The van der Waals surface area contributed by atoms with Crippen LogP contribution >= 0.6 is 15.8 Å². The molecule has 0 N–H and O–H groups in total. The Bertz CT molecular complexity index is 1080.